The summed E-state index contributed by atoms with van der Waals surface area (Å²) >= 11 is 0. The van der Waals surface area contributed by atoms with Crippen molar-refractivity contribution >= 4 is 16.0 Å². The zero-order valence-corrected chi connectivity index (χ0v) is 13.5. The molecule has 1 aliphatic carbocycles. The molecule has 2 rings (SSSR count). The highest BCUT2D eigenvalue weighted by Crippen LogP contribution is 2.35. The van der Waals surface area contributed by atoms with E-state index in [1.54, 1.807) is 18.2 Å². The summed E-state index contributed by atoms with van der Waals surface area (Å²) in [5.74, 6) is -1.14. The fourth-order valence-electron chi connectivity index (χ4n) is 2.63. The number of nitrogens with zero attached hydrogens (tertiary/aromatic N) is 1. The van der Waals surface area contributed by atoms with Crippen molar-refractivity contribution in [2.24, 2.45) is 0 Å². The van der Waals surface area contributed by atoms with E-state index in [2.05, 4.69) is 4.98 Å². The summed E-state index contributed by atoms with van der Waals surface area (Å²) in [6.07, 6.45) is 3.50. The summed E-state index contributed by atoms with van der Waals surface area (Å²) in [6.45, 7) is 5.67. The van der Waals surface area contributed by atoms with E-state index in [9.17, 15) is 13.2 Å². The molecule has 1 heterocycles. The summed E-state index contributed by atoms with van der Waals surface area (Å²) in [5.41, 5.74) is 0.645. The first-order valence-electron chi connectivity index (χ1n) is 7.25. The first kappa shape index (κ1) is 16.0. The molecule has 0 bridgehead atoms. The SMILES string of the molecule is CCCCN(C1CC1)S(=O)(=O)c1c(C)[nH]c(C(=O)O)c1C. The Morgan fingerprint density at radius 1 is 1.38 bits per heavy atom. The molecule has 1 aromatic rings. The van der Waals surface area contributed by atoms with E-state index in [4.69, 9.17) is 5.11 Å². The fraction of sp³-hybridized carbons (Fsp3) is 0.643. The molecule has 0 spiro atoms. The van der Waals surface area contributed by atoms with E-state index in [0.717, 1.165) is 25.7 Å². The van der Waals surface area contributed by atoms with E-state index in [-0.39, 0.29) is 16.6 Å². The number of hydrogen-bond acceptors (Lipinski definition) is 3. The lowest BCUT2D eigenvalue weighted by Crippen LogP contribution is -2.34. The zero-order chi connectivity index (χ0) is 15.8. The van der Waals surface area contributed by atoms with Gasteiger partial charge in [0.25, 0.3) is 0 Å². The predicted octanol–water partition coefficient (Wildman–Crippen LogP) is 2.28. The Morgan fingerprint density at radius 3 is 2.43 bits per heavy atom. The number of aryl methyl sites for hydroxylation is 1. The molecule has 1 aromatic heterocycles. The first-order chi connectivity index (χ1) is 9.80. The molecule has 7 heteroatoms. The highest BCUT2D eigenvalue weighted by atomic mass is 32.2. The van der Waals surface area contributed by atoms with E-state index < -0.39 is 16.0 Å². The maximum Gasteiger partial charge on any atom is 0.352 e. The summed E-state index contributed by atoms with van der Waals surface area (Å²) in [4.78, 5) is 14.0. The Morgan fingerprint density at radius 2 is 2.00 bits per heavy atom. The van der Waals surface area contributed by atoms with Crippen LogP contribution in [0.15, 0.2) is 4.90 Å². The third kappa shape index (κ3) is 2.98. The highest BCUT2D eigenvalue weighted by molar-refractivity contribution is 7.89. The topological polar surface area (TPSA) is 90.5 Å². The number of carboxylic acids is 1. The summed E-state index contributed by atoms with van der Waals surface area (Å²) in [7, 11) is -3.65. The number of rotatable bonds is 7. The molecular formula is C14H22N2O4S. The number of sulfonamides is 1. The predicted molar refractivity (Wildman–Crippen MR) is 79.0 cm³/mol. The van der Waals surface area contributed by atoms with Crippen molar-refractivity contribution < 1.29 is 18.3 Å². The number of aromatic amines is 1. The molecule has 118 valence electrons. The first-order valence-corrected chi connectivity index (χ1v) is 8.69. The quantitative estimate of drug-likeness (QED) is 0.808. The number of hydrogen-bond donors (Lipinski definition) is 2. The van der Waals surface area contributed by atoms with Crippen LogP contribution < -0.4 is 0 Å². The lowest BCUT2D eigenvalue weighted by atomic mass is 10.2. The zero-order valence-electron chi connectivity index (χ0n) is 12.6. The van der Waals surface area contributed by atoms with Crippen molar-refractivity contribution in [1.82, 2.24) is 9.29 Å². The standard InChI is InChI=1S/C14H22N2O4S/c1-4-5-8-16(11-6-7-11)21(19,20)13-9(2)12(14(17)18)15-10(13)3/h11,15H,4-8H2,1-3H3,(H,17,18). The number of carbonyl (C=O) groups is 1. The summed E-state index contributed by atoms with van der Waals surface area (Å²) in [6, 6.07) is 0.0727. The van der Waals surface area contributed by atoms with Crippen molar-refractivity contribution in [3.63, 3.8) is 0 Å². The number of carboxylic acid groups (broad SMARTS) is 1. The van der Waals surface area contributed by atoms with Gasteiger partial charge in [-0.15, -0.1) is 0 Å². The van der Waals surface area contributed by atoms with Gasteiger partial charge in [-0.3, -0.25) is 0 Å². The Kier molecular flexibility index (Phi) is 4.43. The Labute approximate surface area is 125 Å². The van der Waals surface area contributed by atoms with E-state index in [1.807, 2.05) is 6.92 Å². The van der Waals surface area contributed by atoms with E-state index in [1.165, 1.54) is 0 Å². The van der Waals surface area contributed by atoms with Crippen LogP contribution in [0.4, 0.5) is 0 Å². The molecule has 0 atom stereocenters. The van der Waals surface area contributed by atoms with E-state index in [0.29, 0.717) is 17.8 Å². The average molecular weight is 314 g/mol. The van der Waals surface area contributed by atoms with Crippen LogP contribution in [0, 0.1) is 13.8 Å². The van der Waals surface area contributed by atoms with Crippen molar-refractivity contribution in [1.29, 1.82) is 0 Å². The van der Waals surface area contributed by atoms with Gasteiger partial charge in [0.15, 0.2) is 0 Å². The number of nitrogens with one attached hydrogen (secondary N) is 1. The Balaban J connectivity index is 2.45. The fourth-order valence-corrected chi connectivity index (χ4v) is 4.76. The maximum absolute atomic E-state index is 12.9. The lowest BCUT2D eigenvalue weighted by Gasteiger charge is -2.22. The molecule has 0 aromatic carbocycles. The number of H-pyrrole nitrogens is 1. The summed E-state index contributed by atoms with van der Waals surface area (Å²) < 4.78 is 27.4. The molecule has 2 N–H and O–H groups in total. The Hall–Kier alpha value is -1.34. The summed E-state index contributed by atoms with van der Waals surface area (Å²) in [5, 5.41) is 9.13. The van der Waals surface area contributed by atoms with Crippen LogP contribution in [-0.4, -0.2) is 41.4 Å². The van der Waals surface area contributed by atoms with Crippen LogP contribution in [0.3, 0.4) is 0 Å². The van der Waals surface area contributed by atoms with Crippen LogP contribution in [0.2, 0.25) is 0 Å². The van der Waals surface area contributed by atoms with Gasteiger partial charge in [-0.2, -0.15) is 4.31 Å². The second kappa shape index (κ2) is 5.81. The molecule has 0 saturated heterocycles. The van der Waals surface area contributed by atoms with Crippen molar-refractivity contribution in [3.8, 4) is 0 Å². The van der Waals surface area contributed by atoms with Gasteiger partial charge in [0.05, 0.1) is 0 Å². The van der Waals surface area contributed by atoms with Crippen molar-refractivity contribution in [3.05, 3.63) is 17.0 Å². The van der Waals surface area contributed by atoms with Gasteiger partial charge in [0.1, 0.15) is 10.6 Å². The monoisotopic (exact) mass is 314 g/mol. The molecule has 1 aliphatic rings. The molecule has 0 radical (unpaired) electrons. The van der Waals surface area contributed by atoms with Gasteiger partial charge >= 0.3 is 5.97 Å². The molecule has 0 aliphatic heterocycles. The smallest absolute Gasteiger partial charge is 0.352 e. The van der Waals surface area contributed by atoms with E-state index >= 15 is 0 Å². The van der Waals surface area contributed by atoms with Gasteiger partial charge in [0.2, 0.25) is 10.0 Å². The minimum Gasteiger partial charge on any atom is -0.477 e. The second-order valence-corrected chi connectivity index (χ2v) is 7.41. The molecule has 6 nitrogen and oxygen atoms in total. The normalized spacial score (nSPS) is 15.6. The van der Waals surface area contributed by atoms with Crippen LogP contribution in [0.1, 0.15) is 54.4 Å². The molecule has 1 fully saturated rings. The molecule has 21 heavy (non-hydrogen) atoms. The van der Waals surface area contributed by atoms with Crippen LogP contribution in [0.5, 0.6) is 0 Å². The van der Waals surface area contributed by atoms with Gasteiger partial charge < -0.3 is 10.1 Å². The third-order valence-corrected chi connectivity index (χ3v) is 6.06. The van der Waals surface area contributed by atoms with Gasteiger partial charge in [-0.05, 0) is 33.1 Å². The van der Waals surface area contributed by atoms with Gasteiger partial charge in [-0.25, -0.2) is 13.2 Å². The maximum atomic E-state index is 12.9. The highest BCUT2D eigenvalue weighted by Gasteiger charge is 2.40. The molecule has 0 unspecified atom stereocenters. The Bertz CT molecular complexity index is 644. The minimum absolute atomic E-state index is 0.0442. The molecular weight excluding hydrogens is 292 g/mol. The van der Waals surface area contributed by atoms with Crippen LogP contribution in [0.25, 0.3) is 0 Å². The number of aromatic carboxylic acids is 1. The largest absolute Gasteiger partial charge is 0.477 e. The number of unbranched alkanes of at least 4 members (excludes halogenated alkanes) is 1. The van der Waals surface area contributed by atoms with Crippen molar-refractivity contribution in [2.45, 2.75) is 57.4 Å². The van der Waals surface area contributed by atoms with Crippen molar-refractivity contribution in [2.75, 3.05) is 6.54 Å². The van der Waals surface area contributed by atoms with Crippen LogP contribution in [-0.2, 0) is 10.0 Å². The molecule has 0 amide bonds. The molecule has 1 saturated carbocycles. The lowest BCUT2D eigenvalue weighted by molar-refractivity contribution is 0.0690. The van der Waals surface area contributed by atoms with Crippen LogP contribution >= 0.6 is 0 Å². The number of aromatic nitrogens is 1. The third-order valence-electron chi connectivity index (χ3n) is 3.84. The average Bonchev–Trinajstić information content (AvgIpc) is 3.15. The second-order valence-electron chi connectivity index (χ2n) is 5.58. The van der Waals surface area contributed by atoms with Gasteiger partial charge in [0, 0.05) is 23.8 Å². The minimum atomic E-state index is -3.65. The van der Waals surface area contributed by atoms with Gasteiger partial charge in [-0.1, -0.05) is 13.3 Å².